The van der Waals surface area contributed by atoms with E-state index in [2.05, 4.69) is 4.98 Å². The van der Waals surface area contributed by atoms with Crippen molar-refractivity contribution >= 4 is 22.6 Å². The number of imidazole rings is 1. The van der Waals surface area contributed by atoms with E-state index in [1.165, 1.54) is 6.07 Å². The number of benzene rings is 1. The average Bonchev–Trinajstić information content (AvgIpc) is 2.94. The second kappa shape index (κ2) is 4.52. The quantitative estimate of drug-likeness (QED) is 0.780. The van der Waals surface area contributed by atoms with Gasteiger partial charge in [-0.1, -0.05) is 6.07 Å². The zero-order chi connectivity index (χ0) is 12.7. The van der Waals surface area contributed by atoms with Crippen molar-refractivity contribution in [1.82, 2.24) is 9.55 Å². The summed E-state index contributed by atoms with van der Waals surface area (Å²) in [6.07, 6.45) is 0.915. The summed E-state index contributed by atoms with van der Waals surface area (Å²) in [6.45, 7) is 3.22. The van der Waals surface area contributed by atoms with Gasteiger partial charge in [0.25, 0.3) is 0 Å². The Morgan fingerprint density at radius 2 is 2.39 bits per heavy atom. The van der Waals surface area contributed by atoms with Crippen molar-refractivity contribution in [1.29, 1.82) is 0 Å². The van der Waals surface area contributed by atoms with Crippen LogP contribution in [0.5, 0.6) is 0 Å². The van der Waals surface area contributed by atoms with E-state index in [1.807, 2.05) is 17.6 Å². The molecule has 1 saturated heterocycles. The van der Waals surface area contributed by atoms with Crippen molar-refractivity contribution in [2.45, 2.75) is 24.8 Å². The molecule has 2 aromatic rings. The molecule has 0 bridgehead atoms. The standard InChI is InChI=1S/C13H14ClFN2O/c1-8(14)13-16-12-10(15)3-2-4-11(12)17(13)9-5-6-18-7-9/h2-4,8-9H,5-7H2,1H3. The lowest BCUT2D eigenvalue weighted by molar-refractivity contribution is 0.186. The third-order valence-electron chi connectivity index (χ3n) is 3.32. The van der Waals surface area contributed by atoms with Crippen molar-refractivity contribution in [2.75, 3.05) is 13.2 Å². The van der Waals surface area contributed by atoms with Gasteiger partial charge in [0, 0.05) is 6.61 Å². The first-order chi connectivity index (χ1) is 8.68. The Balaban J connectivity index is 2.25. The Hall–Kier alpha value is -1.13. The highest BCUT2D eigenvalue weighted by molar-refractivity contribution is 6.20. The van der Waals surface area contributed by atoms with Crippen LogP contribution < -0.4 is 0 Å². The minimum atomic E-state index is -0.302. The molecule has 1 aromatic heterocycles. The third-order valence-corrected chi connectivity index (χ3v) is 3.52. The van der Waals surface area contributed by atoms with Gasteiger partial charge in [-0.05, 0) is 25.5 Å². The molecular weight excluding hydrogens is 255 g/mol. The van der Waals surface area contributed by atoms with Gasteiger partial charge in [-0.25, -0.2) is 9.37 Å². The van der Waals surface area contributed by atoms with Crippen LogP contribution in [0.2, 0.25) is 0 Å². The molecule has 3 rings (SSSR count). The first-order valence-electron chi connectivity index (χ1n) is 6.06. The number of nitrogens with zero attached hydrogens (tertiary/aromatic N) is 2. The van der Waals surface area contributed by atoms with Gasteiger partial charge in [-0.3, -0.25) is 0 Å². The second-order valence-electron chi connectivity index (χ2n) is 4.58. The van der Waals surface area contributed by atoms with E-state index >= 15 is 0 Å². The summed E-state index contributed by atoms with van der Waals surface area (Å²) in [5.74, 6) is 0.413. The number of rotatable bonds is 2. The van der Waals surface area contributed by atoms with Crippen LogP contribution in [0.15, 0.2) is 18.2 Å². The molecule has 0 radical (unpaired) electrons. The number of alkyl halides is 1. The van der Waals surface area contributed by atoms with Crippen LogP contribution in [0, 0.1) is 5.82 Å². The van der Waals surface area contributed by atoms with Gasteiger partial charge >= 0.3 is 0 Å². The van der Waals surface area contributed by atoms with Crippen LogP contribution >= 0.6 is 11.6 Å². The minimum Gasteiger partial charge on any atom is -0.379 e. The van der Waals surface area contributed by atoms with Gasteiger partial charge in [0.15, 0.2) is 5.82 Å². The zero-order valence-corrected chi connectivity index (χ0v) is 10.8. The Bertz CT molecular complexity index is 576. The number of hydrogen-bond acceptors (Lipinski definition) is 2. The van der Waals surface area contributed by atoms with Crippen LogP contribution in [0.25, 0.3) is 11.0 Å². The van der Waals surface area contributed by atoms with Crippen molar-refractivity contribution < 1.29 is 9.13 Å². The fourth-order valence-electron chi connectivity index (χ4n) is 2.49. The van der Waals surface area contributed by atoms with Crippen molar-refractivity contribution in [3.63, 3.8) is 0 Å². The second-order valence-corrected chi connectivity index (χ2v) is 5.24. The molecule has 3 nitrogen and oxygen atoms in total. The highest BCUT2D eigenvalue weighted by atomic mass is 35.5. The summed E-state index contributed by atoms with van der Waals surface area (Å²) in [4.78, 5) is 4.36. The molecule has 2 atom stereocenters. The number of halogens is 2. The van der Waals surface area contributed by atoms with Gasteiger partial charge in [0.1, 0.15) is 11.3 Å². The lowest BCUT2D eigenvalue weighted by atomic mass is 10.2. The summed E-state index contributed by atoms with van der Waals surface area (Å²) in [6, 6.07) is 5.21. The fourth-order valence-corrected chi connectivity index (χ4v) is 2.64. The van der Waals surface area contributed by atoms with Gasteiger partial charge in [-0.15, -0.1) is 11.6 Å². The molecule has 5 heteroatoms. The monoisotopic (exact) mass is 268 g/mol. The third kappa shape index (κ3) is 1.80. The molecule has 1 aliphatic rings. The molecule has 1 aliphatic heterocycles. The highest BCUT2D eigenvalue weighted by Crippen LogP contribution is 2.32. The topological polar surface area (TPSA) is 27.1 Å². The normalized spacial score (nSPS) is 21.6. The van der Waals surface area contributed by atoms with E-state index < -0.39 is 0 Å². The van der Waals surface area contributed by atoms with Crippen molar-refractivity contribution in [3.8, 4) is 0 Å². The fraction of sp³-hybridized carbons (Fsp3) is 0.462. The van der Waals surface area contributed by atoms with Gasteiger partial charge in [0.05, 0.1) is 23.5 Å². The Morgan fingerprint density at radius 1 is 1.56 bits per heavy atom. The van der Waals surface area contributed by atoms with Gasteiger partial charge < -0.3 is 9.30 Å². The Kier molecular flexibility index (Phi) is 2.99. The van der Waals surface area contributed by atoms with E-state index in [4.69, 9.17) is 16.3 Å². The van der Waals surface area contributed by atoms with Crippen LogP contribution in [0.1, 0.15) is 30.6 Å². The molecule has 0 amide bonds. The first-order valence-corrected chi connectivity index (χ1v) is 6.50. The average molecular weight is 269 g/mol. The van der Waals surface area contributed by atoms with Gasteiger partial charge in [-0.2, -0.15) is 0 Å². The molecule has 1 fully saturated rings. The number of ether oxygens (including phenoxy) is 1. The molecule has 96 valence electrons. The lowest BCUT2D eigenvalue weighted by Gasteiger charge is -2.16. The molecule has 0 spiro atoms. The molecule has 0 N–H and O–H groups in total. The first kappa shape index (κ1) is 11.9. The largest absolute Gasteiger partial charge is 0.379 e. The lowest BCUT2D eigenvalue weighted by Crippen LogP contribution is -2.12. The van der Waals surface area contributed by atoms with Crippen molar-refractivity contribution in [2.24, 2.45) is 0 Å². The van der Waals surface area contributed by atoms with Crippen molar-refractivity contribution in [3.05, 3.63) is 29.8 Å². The maximum atomic E-state index is 13.8. The van der Waals surface area contributed by atoms with E-state index in [0.29, 0.717) is 17.9 Å². The summed E-state index contributed by atoms with van der Waals surface area (Å²) in [5, 5.41) is -0.252. The van der Waals surface area contributed by atoms with Crippen LogP contribution in [-0.4, -0.2) is 22.8 Å². The van der Waals surface area contributed by atoms with E-state index in [1.54, 1.807) is 6.07 Å². The summed E-state index contributed by atoms with van der Waals surface area (Å²) in [5.41, 5.74) is 1.19. The SMILES string of the molecule is CC(Cl)c1nc2c(F)cccc2n1C1CCOC1. The summed E-state index contributed by atoms with van der Waals surface area (Å²) in [7, 11) is 0. The maximum Gasteiger partial charge on any atom is 0.151 e. The van der Waals surface area contributed by atoms with Gasteiger partial charge in [0.2, 0.25) is 0 Å². The molecule has 2 unspecified atom stereocenters. The molecule has 0 aliphatic carbocycles. The van der Waals surface area contributed by atoms with E-state index in [0.717, 1.165) is 18.5 Å². The Morgan fingerprint density at radius 3 is 3.06 bits per heavy atom. The smallest absolute Gasteiger partial charge is 0.151 e. The van der Waals surface area contributed by atoms with E-state index in [-0.39, 0.29) is 17.2 Å². The summed E-state index contributed by atoms with van der Waals surface area (Å²) >= 11 is 6.16. The maximum absolute atomic E-state index is 13.8. The number of aromatic nitrogens is 2. The minimum absolute atomic E-state index is 0.202. The predicted octanol–water partition coefficient (Wildman–Crippen LogP) is 3.44. The molecule has 18 heavy (non-hydrogen) atoms. The number of hydrogen-bond donors (Lipinski definition) is 0. The number of fused-ring (bicyclic) bond motifs is 1. The van der Waals surface area contributed by atoms with Crippen LogP contribution in [-0.2, 0) is 4.74 Å². The zero-order valence-electron chi connectivity index (χ0n) is 10.1. The van der Waals surface area contributed by atoms with E-state index in [9.17, 15) is 4.39 Å². The molecular formula is C13H14ClFN2O. The summed E-state index contributed by atoms with van der Waals surface area (Å²) < 4.78 is 21.2. The van der Waals surface area contributed by atoms with Crippen LogP contribution in [0.3, 0.4) is 0 Å². The molecule has 0 saturated carbocycles. The highest BCUT2D eigenvalue weighted by Gasteiger charge is 2.25. The molecule has 2 heterocycles. The Labute approximate surface area is 110 Å². The molecule has 1 aromatic carbocycles. The number of para-hydroxylation sites is 1. The predicted molar refractivity (Wildman–Crippen MR) is 68.4 cm³/mol. The van der Waals surface area contributed by atoms with Crippen LogP contribution in [0.4, 0.5) is 4.39 Å².